The van der Waals surface area contributed by atoms with Crippen LogP contribution in [0.3, 0.4) is 0 Å². The molecule has 0 aliphatic heterocycles. The van der Waals surface area contributed by atoms with Gasteiger partial charge in [0.1, 0.15) is 27.2 Å². The quantitative estimate of drug-likeness (QED) is 0.225. The molecule has 4 aromatic rings. The molecule has 0 radical (unpaired) electrons. The summed E-state index contributed by atoms with van der Waals surface area (Å²) < 4.78 is 50.0. The van der Waals surface area contributed by atoms with Crippen LogP contribution in [0.5, 0.6) is 11.5 Å². The van der Waals surface area contributed by atoms with Gasteiger partial charge in [0.15, 0.2) is 0 Å². The first-order chi connectivity index (χ1) is 18.6. The summed E-state index contributed by atoms with van der Waals surface area (Å²) >= 11 is 6.73. The molecule has 0 unspecified atom stereocenters. The SMILES string of the molecule is COc1ccc(C(N[C@H](C)c2ncc(C(=O)Nc3cc(C(F)(F)F)c(Cl)cn3)s2)c2ccc(OC)cc2)cc1. The summed E-state index contributed by atoms with van der Waals surface area (Å²) in [5, 5.41) is 6.00. The number of ether oxygens (including phenoxy) is 2. The average molecular weight is 577 g/mol. The molecule has 2 N–H and O–H groups in total. The second-order valence-electron chi connectivity index (χ2n) is 8.43. The van der Waals surface area contributed by atoms with Crippen molar-refractivity contribution in [2.75, 3.05) is 19.5 Å². The highest BCUT2D eigenvalue weighted by Crippen LogP contribution is 2.35. The lowest BCUT2D eigenvalue weighted by Crippen LogP contribution is -2.25. The maximum atomic E-state index is 13.2. The van der Waals surface area contributed by atoms with E-state index in [1.165, 1.54) is 6.20 Å². The van der Waals surface area contributed by atoms with Crippen molar-refractivity contribution in [3.63, 3.8) is 0 Å². The van der Waals surface area contributed by atoms with Gasteiger partial charge in [-0.05, 0) is 48.4 Å². The molecule has 1 amide bonds. The Morgan fingerprint density at radius 2 is 1.51 bits per heavy atom. The van der Waals surface area contributed by atoms with Gasteiger partial charge in [0.05, 0.1) is 43.1 Å². The number of rotatable bonds is 9. The number of aromatic nitrogens is 2. The molecule has 0 spiro atoms. The first kappa shape index (κ1) is 28.3. The number of thiazole rings is 1. The van der Waals surface area contributed by atoms with Crippen molar-refractivity contribution in [2.24, 2.45) is 0 Å². The Morgan fingerprint density at radius 3 is 2.03 bits per heavy atom. The van der Waals surface area contributed by atoms with E-state index >= 15 is 0 Å². The van der Waals surface area contributed by atoms with Crippen molar-refractivity contribution in [1.82, 2.24) is 15.3 Å². The Labute approximate surface area is 232 Å². The molecule has 0 saturated heterocycles. The first-order valence-corrected chi connectivity index (χ1v) is 12.8. The number of nitrogens with zero attached hydrogens (tertiary/aromatic N) is 2. The highest BCUT2D eigenvalue weighted by atomic mass is 35.5. The van der Waals surface area contributed by atoms with E-state index in [1.807, 2.05) is 55.5 Å². The minimum atomic E-state index is -4.68. The maximum absolute atomic E-state index is 13.2. The molecule has 0 fully saturated rings. The van der Waals surface area contributed by atoms with Gasteiger partial charge in [0.25, 0.3) is 5.91 Å². The van der Waals surface area contributed by atoms with Gasteiger partial charge in [-0.3, -0.25) is 10.1 Å². The summed E-state index contributed by atoms with van der Waals surface area (Å²) in [7, 11) is 3.20. The predicted octanol–water partition coefficient (Wildman–Crippen LogP) is 6.92. The van der Waals surface area contributed by atoms with Gasteiger partial charge in [-0.25, -0.2) is 9.97 Å². The highest BCUT2D eigenvalue weighted by Gasteiger charge is 2.34. The molecule has 1 atom stereocenters. The lowest BCUT2D eigenvalue weighted by molar-refractivity contribution is -0.137. The monoisotopic (exact) mass is 576 g/mol. The van der Waals surface area contributed by atoms with Crippen LogP contribution < -0.4 is 20.1 Å². The van der Waals surface area contributed by atoms with Crippen LogP contribution in [0.2, 0.25) is 5.02 Å². The van der Waals surface area contributed by atoms with Crippen LogP contribution in [-0.4, -0.2) is 30.1 Å². The average Bonchev–Trinajstić information content (AvgIpc) is 3.43. The van der Waals surface area contributed by atoms with Crippen molar-refractivity contribution >= 4 is 34.7 Å². The molecule has 0 saturated carbocycles. The number of alkyl halides is 3. The van der Waals surface area contributed by atoms with E-state index in [0.717, 1.165) is 40.2 Å². The van der Waals surface area contributed by atoms with Crippen LogP contribution in [0.15, 0.2) is 67.0 Å². The molecule has 204 valence electrons. The molecule has 12 heteroatoms. The fourth-order valence-corrected chi connectivity index (χ4v) is 4.83. The molecule has 2 aromatic heterocycles. The standard InChI is InChI=1S/C27H24ClF3N4O3S/c1-15(34-24(16-4-8-18(37-2)9-5-16)17-6-10-19(38-3)11-7-17)26-33-14-22(39-26)25(36)35-23-12-20(27(29,30)31)21(28)13-32-23/h4-15,24,34H,1-3H3,(H,32,35,36)/t15-/m1/s1. The molecule has 39 heavy (non-hydrogen) atoms. The van der Waals surface area contributed by atoms with Crippen LogP contribution in [0.1, 0.15) is 50.4 Å². The van der Waals surface area contributed by atoms with E-state index in [9.17, 15) is 18.0 Å². The Hall–Kier alpha value is -3.67. The zero-order valence-corrected chi connectivity index (χ0v) is 22.6. The van der Waals surface area contributed by atoms with Gasteiger partial charge < -0.3 is 14.8 Å². The Morgan fingerprint density at radius 1 is 0.949 bits per heavy atom. The van der Waals surface area contributed by atoms with Crippen LogP contribution >= 0.6 is 22.9 Å². The highest BCUT2D eigenvalue weighted by molar-refractivity contribution is 7.13. The number of nitrogens with one attached hydrogen (secondary N) is 2. The minimum absolute atomic E-state index is 0.217. The van der Waals surface area contributed by atoms with Crippen molar-refractivity contribution in [1.29, 1.82) is 0 Å². The number of amides is 1. The Bertz CT molecular complexity index is 1380. The maximum Gasteiger partial charge on any atom is 0.418 e. The minimum Gasteiger partial charge on any atom is -0.497 e. The predicted molar refractivity (Wildman–Crippen MR) is 144 cm³/mol. The van der Waals surface area contributed by atoms with Crippen LogP contribution in [0.4, 0.5) is 19.0 Å². The molecule has 4 rings (SSSR count). The third-order valence-corrected chi connectivity index (χ3v) is 7.32. The summed E-state index contributed by atoms with van der Waals surface area (Å²) in [6, 6.07) is 15.5. The number of methoxy groups -OCH3 is 2. The fraction of sp³-hybridized carbons (Fsp3) is 0.222. The molecule has 2 heterocycles. The largest absolute Gasteiger partial charge is 0.497 e. The van der Waals surface area contributed by atoms with Crippen molar-refractivity contribution < 1.29 is 27.4 Å². The van der Waals surface area contributed by atoms with Crippen LogP contribution in [0.25, 0.3) is 0 Å². The number of carbonyl (C=O) groups excluding carboxylic acids is 1. The van der Waals surface area contributed by atoms with E-state index in [2.05, 4.69) is 20.6 Å². The lowest BCUT2D eigenvalue weighted by Gasteiger charge is -2.24. The number of pyridine rings is 1. The first-order valence-electron chi connectivity index (χ1n) is 11.6. The number of carbonyl (C=O) groups is 1. The van der Waals surface area contributed by atoms with Crippen molar-refractivity contribution in [2.45, 2.75) is 25.2 Å². The summed E-state index contributed by atoms with van der Waals surface area (Å²) in [6.45, 7) is 1.91. The molecular weight excluding hydrogens is 553 g/mol. The van der Waals surface area contributed by atoms with Crippen molar-refractivity contribution in [3.05, 3.63) is 98.6 Å². The molecule has 7 nitrogen and oxygen atoms in total. The summed E-state index contributed by atoms with van der Waals surface area (Å²) in [4.78, 5) is 21.1. The zero-order valence-electron chi connectivity index (χ0n) is 21.0. The molecule has 0 bridgehead atoms. The third-order valence-electron chi connectivity index (χ3n) is 5.84. The summed E-state index contributed by atoms with van der Waals surface area (Å²) in [5.41, 5.74) is 0.883. The van der Waals surface area contributed by atoms with Gasteiger partial charge in [-0.1, -0.05) is 35.9 Å². The summed E-state index contributed by atoms with van der Waals surface area (Å²) in [5.74, 6) is 0.564. The van der Waals surface area contributed by atoms with Gasteiger partial charge in [-0.2, -0.15) is 13.2 Å². The van der Waals surface area contributed by atoms with Gasteiger partial charge in [-0.15, -0.1) is 11.3 Å². The molecule has 0 aliphatic carbocycles. The van der Waals surface area contributed by atoms with Gasteiger partial charge >= 0.3 is 6.18 Å². The van der Waals surface area contributed by atoms with Crippen LogP contribution in [-0.2, 0) is 6.18 Å². The molecule has 2 aromatic carbocycles. The number of hydrogen-bond donors (Lipinski definition) is 2. The van der Waals surface area contributed by atoms with Gasteiger partial charge in [0.2, 0.25) is 0 Å². The molecular formula is C27H24ClF3N4O3S. The molecule has 0 aliphatic rings. The third kappa shape index (κ3) is 6.86. The van der Waals surface area contributed by atoms with Crippen LogP contribution in [0, 0.1) is 0 Å². The van der Waals surface area contributed by atoms with E-state index < -0.39 is 22.7 Å². The summed E-state index contributed by atoms with van der Waals surface area (Å²) in [6.07, 6.45) is -2.45. The topological polar surface area (TPSA) is 85.4 Å². The van der Waals surface area contributed by atoms with E-state index in [1.54, 1.807) is 14.2 Å². The number of benzene rings is 2. The van der Waals surface area contributed by atoms with E-state index in [4.69, 9.17) is 21.1 Å². The normalized spacial score (nSPS) is 12.3. The van der Waals surface area contributed by atoms with E-state index in [0.29, 0.717) is 11.1 Å². The number of halogens is 4. The Kier molecular flexibility index (Phi) is 8.73. The number of hydrogen-bond acceptors (Lipinski definition) is 7. The zero-order chi connectivity index (χ0) is 28.2. The smallest absolute Gasteiger partial charge is 0.418 e. The Balaban J connectivity index is 1.53. The lowest BCUT2D eigenvalue weighted by atomic mass is 9.97. The second kappa shape index (κ2) is 12.0. The fourth-order valence-electron chi connectivity index (χ4n) is 3.79. The van der Waals surface area contributed by atoms with Crippen molar-refractivity contribution in [3.8, 4) is 11.5 Å². The van der Waals surface area contributed by atoms with E-state index in [-0.39, 0.29) is 22.8 Å². The number of anilines is 1. The second-order valence-corrected chi connectivity index (χ2v) is 9.90. The van der Waals surface area contributed by atoms with Gasteiger partial charge in [0, 0.05) is 6.20 Å².